The molecule has 1 N–H and O–H groups in total. The highest BCUT2D eigenvalue weighted by molar-refractivity contribution is 6.42. The van der Waals surface area contributed by atoms with Crippen LogP contribution in [0.2, 0.25) is 0 Å². The number of rotatable bonds is 9. The molecule has 1 unspecified atom stereocenters. The summed E-state index contributed by atoms with van der Waals surface area (Å²) in [5.41, 5.74) is 1.04. The Kier molecular flexibility index (Phi) is 6.85. The summed E-state index contributed by atoms with van der Waals surface area (Å²) in [6, 6.07) is 9.73. The Bertz CT molecular complexity index is 576. The van der Waals surface area contributed by atoms with Crippen LogP contribution in [0.25, 0.3) is 0 Å². The highest BCUT2D eigenvalue weighted by Crippen LogP contribution is 2.19. The maximum atomic E-state index is 12.2. The molecule has 0 bridgehead atoms. The molecule has 0 saturated heterocycles. The summed E-state index contributed by atoms with van der Waals surface area (Å²) < 4.78 is 10.8. The molecule has 0 aromatic heterocycles. The first-order valence-corrected chi connectivity index (χ1v) is 8.55. The number of benzene rings is 1. The zero-order valence-corrected chi connectivity index (χ0v) is 14.3. The SMILES string of the molecule is CCCC(CCC)NC(=O)C(=O)C1=COC(Cc2ccccc2)O1. The van der Waals surface area contributed by atoms with Gasteiger partial charge in [-0.15, -0.1) is 0 Å². The number of carbonyl (C=O) groups is 2. The molecule has 1 amide bonds. The third-order valence-corrected chi connectivity index (χ3v) is 3.87. The molecule has 5 heteroatoms. The number of ketones is 1. The van der Waals surface area contributed by atoms with Crippen LogP contribution in [0.15, 0.2) is 42.4 Å². The summed E-state index contributed by atoms with van der Waals surface area (Å²) in [5, 5.41) is 2.80. The van der Waals surface area contributed by atoms with E-state index < -0.39 is 18.0 Å². The van der Waals surface area contributed by atoms with Crippen molar-refractivity contribution < 1.29 is 19.1 Å². The molecule has 1 heterocycles. The molecule has 0 radical (unpaired) electrons. The fourth-order valence-corrected chi connectivity index (χ4v) is 2.69. The van der Waals surface area contributed by atoms with Crippen molar-refractivity contribution in [1.82, 2.24) is 5.32 Å². The molecule has 2 rings (SSSR count). The smallest absolute Gasteiger partial charge is 0.296 e. The van der Waals surface area contributed by atoms with Crippen molar-refractivity contribution in [2.75, 3.05) is 0 Å². The molecule has 1 aliphatic heterocycles. The van der Waals surface area contributed by atoms with Gasteiger partial charge in [-0.2, -0.15) is 0 Å². The summed E-state index contributed by atoms with van der Waals surface area (Å²) in [4.78, 5) is 24.3. The van der Waals surface area contributed by atoms with Crippen LogP contribution in [-0.4, -0.2) is 24.0 Å². The molecule has 0 spiro atoms. The Morgan fingerprint density at radius 3 is 2.42 bits per heavy atom. The molecule has 1 aromatic carbocycles. The van der Waals surface area contributed by atoms with Crippen molar-refractivity contribution >= 4 is 11.7 Å². The standard InChI is InChI=1S/C19H25NO4/c1-3-8-15(9-4-2)20-19(22)18(21)16-13-23-17(24-16)12-14-10-6-5-7-11-14/h5-7,10-11,13,15,17H,3-4,8-9,12H2,1-2H3,(H,20,22). The Morgan fingerprint density at radius 1 is 1.12 bits per heavy atom. The van der Waals surface area contributed by atoms with Gasteiger partial charge in [0.25, 0.3) is 11.7 Å². The number of Topliss-reactive ketones (excluding diaryl/α,β-unsaturated/α-hetero) is 1. The van der Waals surface area contributed by atoms with E-state index in [1.807, 2.05) is 30.3 Å². The van der Waals surface area contributed by atoms with Crippen molar-refractivity contribution in [1.29, 1.82) is 0 Å². The van der Waals surface area contributed by atoms with Gasteiger partial charge in [-0.05, 0) is 18.4 Å². The van der Waals surface area contributed by atoms with E-state index in [1.54, 1.807) is 0 Å². The summed E-state index contributed by atoms with van der Waals surface area (Å²) in [7, 11) is 0. The monoisotopic (exact) mass is 331 g/mol. The lowest BCUT2D eigenvalue weighted by molar-refractivity contribution is -0.139. The van der Waals surface area contributed by atoms with E-state index in [0.717, 1.165) is 31.2 Å². The minimum Gasteiger partial charge on any atom is -0.458 e. The third kappa shape index (κ3) is 5.11. The summed E-state index contributed by atoms with van der Waals surface area (Å²) in [5.74, 6) is -1.33. The van der Waals surface area contributed by atoms with Gasteiger partial charge in [-0.25, -0.2) is 0 Å². The van der Waals surface area contributed by atoms with Crippen LogP contribution >= 0.6 is 0 Å². The zero-order chi connectivity index (χ0) is 17.4. The zero-order valence-electron chi connectivity index (χ0n) is 14.3. The van der Waals surface area contributed by atoms with Gasteiger partial charge >= 0.3 is 0 Å². The molecular formula is C19H25NO4. The number of ether oxygens (including phenoxy) is 2. The largest absolute Gasteiger partial charge is 0.458 e. The lowest BCUT2D eigenvalue weighted by Gasteiger charge is -2.17. The van der Waals surface area contributed by atoms with E-state index in [1.165, 1.54) is 6.26 Å². The second-order valence-electron chi connectivity index (χ2n) is 5.93. The highest BCUT2D eigenvalue weighted by atomic mass is 16.7. The van der Waals surface area contributed by atoms with Gasteiger partial charge in [0.15, 0.2) is 0 Å². The third-order valence-electron chi connectivity index (χ3n) is 3.87. The summed E-state index contributed by atoms with van der Waals surface area (Å²) >= 11 is 0. The fourth-order valence-electron chi connectivity index (χ4n) is 2.69. The van der Waals surface area contributed by atoms with E-state index in [0.29, 0.717) is 6.42 Å². The maximum Gasteiger partial charge on any atom is 0.296 e. The predicted octanol–water partition coefficient (Wildman–Crippen LogP) is 3.10. The van der Waals surface area contributed by atoms with Crippen molar-refractivity contribution in [2.45, 2.75) is 58.3 Å². The van der Waals surface area contributed by atoms with Crippen LogP contribution in [0, 0.1) is 0 Å². The Hall–Kier alpha value is -2.30. The van der Waals surface area contributed by atoms with Crippen LogP contribution in [0.3, 0.4) is 0 Å². The van der Waals surface area contributed by atoms with Gasteiger partial charge in [0.2, 0.25) is 12.0 Å². The molecule has 0 fully saturated rings. The van der Waals surface area contributed by atoms with Crippen LogP contribution in [0.1, 0.15) is 45.1 Å². The summed E-state index contributed by atoms with van der Waals surface area (Å²) in [6.45, 7) is 4.11. The predicted molar refractivity (Wildman–Crippen MR) is 90.9 cm³/mol. The number of nitrogens with one attached hydrogen (secondary N) is 1. The van der Waals surface area contributed by atoms with Crippen molar-refractivity contribution in [3.63, 3.8) is 0 Å². The molecule has 130 valence electrons. The molecule has 1 aromatic rings. The Morgan fingerprint density at radius 2 is 1.79 bits per heavy atom. The molecule has 1 aliphatic rings. The van der Waals surface area contributed by atoms with Crippen molar-refractivity contribution in [2.24, 2.45) is 0 Å². The number of hydrogen-bond donors (Lipinski definition) is 1. The maximum absolute atomic E-state index is 12.2. The van der Waals surface area contributed by atoms with E-state index in [9.17, 15) is 9.59 Å². The first-order chi connectivity index (χ1) is 11.6. The van der Waals surface area contributed by atoms with Crippen LogP contribution in [0.5, 0.6) is 0 Å². The van der Waals surface area contributed by atoms with Crippen LogP contribution < -0.4 is 5.32 Å². The van der Waals surface area contributed by atoms with E-state index >= 15 is 0 Å². The molecule has 24 heavy (non-hydrogen) atoms. The van der Waals surface area contributed by atoms with Crippen LogP contribution in [-0.2, 0) is 25.5 Å². The van der Waals surface area contributed by atoms with Gasteiger partial charge in [0.05, 0.1) is 0 Å². The quantitative estimate of drug-likeness (QED) is 0.706. The second-order valence-corrected chi connectivity index (χ2v) is 5.93. The first-order valence-electron chi connectivity index (χ1n) is 8.55. The lowest BCUT2D eigenvalue weighted by Crippen LogP contribution is -2.40. The van der Waals surface area contributed by atoms with Gasteiger partial charge < -0.3 is 14.8 Å². The minimum absolute atomic E-state index is 0.0273. The number of carbonyl (C=O) groups excluding carboxylic acids is 2. The topological polar surface area (TPSA) is 64.6 Å². The second kappa shape index (κ2) is 9.11. The van der Waals surface area contributed by atoms with Gasteiger partial charge in [-0.3, -0.25) is 9.59 Å². The van der Waals surface area contributed by atoms with E-state index in [4.69, 9.17) is 9.47 Å². The minimum atomic E-state index is -0.678. The van der Waals surface area contributed by atoms with Gasteiger partial charge in [0.1, 0.15) is 6.26 Å². The molecule has 1 atom stereocenters. The molecule has 5 nitrogen and oxygen atoms in total. The molecular weight excluding hydrogens is 306 g/mol. The average molecular weight is 331 g/mol. The Balaban J connectivity index is 1.85. The molecule has 0 saturated carbocycles. The lowest BCUT2D eigenvalue weighted by atomic mass is 10.1. The van der Waals surface area contributed by atoms with E-state index in [2.05, 4.69) is 19.2 Å². The summed E-state index contributed by atoms with van der Waals surface area (Å²) in [6.07, 6.45) is 4.83. The van der Waals surface area contributed by atoms with Crippen LogP contribution in [0.4, 0.5) is 0 Å². The van der Waals surface area contributed by atoms with Gasteiger partial charge in [0, 0.05) is 12.5 Å². The normalized spacial score (nSPS) is 16.3. The molecule has 0 aliphatic carbocycles. The number of amides is 1. The van der Waals surface area contributed by atoms with Crippen molar-refractivity contribution in [3.05, 3.63) is 47.9 Å². The first kappa shape index (κ1) is 18.0. The fraction of sp³-hybridized carbons (Fsp3) is 0.474. The van der Waals surface area contributed by atoms with Crippen molar-refractivity contribution in [3.8, 4) is 0 Å². The Labute approximate surface area is 143 Å². The van der Waals surface area contributed by atoms with Gasteiger partial charge in [-0.1, -0.05) is 57.0 Å². The average Bonchev–Trinajstić information content (AvgIpc) is 3.04. The van der Waals surface area contributed by atoms with E-state index in [-0.39, 0.29) is 11.8 Å². The number of hydrogen-bond acceptors (Lipinski definition) is 4. The highest BCUT2D eigenvalue weighted by Gasteiger charge is 2.30.